The number of anilines is 2. The second-order valence-corrected chi connectivity index (χ2v) is 8.81. The first-order chi connectivity index (χ1) is 14.1. The first-order valence-electron chi connectivity index (χ1n) is 11.0. The molecule has 2 aliphatic rings. The third-order valence-corrected chi connectivity index (χ3v) is 6.09. The molecule has 0 aromatic heterocycles. The van der Waals surface area contributed by atoms with Gasteiger partial charge in [0.1, 0.15) is 0 Å². The van der Waals surface area contributed by atoms with E-state index in [-0.39, 0.29) is 5.97 Å². The second-order valence-electron chi connectivity index (χ2n) is 8.81. The predicted molar refractivity (Wildman–Crippen MR) is 119 cm³/mol. The molecule has 0 amide bonds. The highest BCUT2D eigenvalue weighted by Crippen LogP contribution is 2.37. The number of carbonyl (C=O) groups excluding carboxylic acids is 1. The van der Waals surface area contributed by atoms with Crippen molar-refractivity contribution in [2.24, 2.45) is 11.8 Å². The molecular formula is C25H32N2O2. The van der Waals surface area contributed by atoms with Gasteiger partial charge in [-0.1, -0.05) is 32.0 Å². The van der Waals surface area contributed by atoms with Crippen molar-refractivity contribution in [2.75, 3.05) is 36.0 Å². The van der Waals surface area contributed by atoms with Gasteiger partial charge in [0, 0.05) is 31.9 Å². The second kappa shape index (κ2) is 8.89. The van der Waals surface area contributed by atoms with E-state index in [1.54, 1.807) is 12.1 Å². The monoisotopic (exact) mass is 392 g/mol. The maximum atomic E-state index is 12.7. The molecule has 2 fully saturated rings. The molecule has 0 bridgehead atoms. The SMILES string of the molecule is CC1CC(C)CN(c2cc(N3CCCCC3)ccc2OC(=O)c2ccccc2)C1. The summed E-state index contributed by atoms with van der Waals surface area (Å²) in [5.41, 5.74) is 2.87. The summed E-state index contributed by atoms with van der Waals surface area (Å²) in [5, 5.41) is 0. The largest absolute Gasteiger partial charge is 0.421 e. The first-order valence-corrected chi connectivity index (χ1v) is 11.0. The van der Waals surface area contributed by atoms with Crippen molar-refractivity contribution < 1.29 is 9.53 Å². The summed E-state index contributed by atoms with van der Waals surface area (Å²) in [6.45, 7) is 8.84. The maximum Gasteiger partial charge on any atom is 0.343 e. The Balaban J connectivity index is 1.64. The highest BCUT2D eigenvalue weighted by Gasteiger charge is 2.26. The van der Waals surface area contributed by atoms with Crippen LogP contribution in [0.5, 0.6) is 5.75 Å². The van der Waals surface area contributed by atoms with Crippen molar-refractivity contribution >= 4 is 17.3 Å². The fourth-order valence-corrected chi connectivity index (χ4v) is 4.78. The fraction of sp³-hybridized carbons (Fsp3) is 0.480. The molecule has 154 valence electrons. The van der Waals surface area contributed by atoms with E-state index in [2.05, 4.69) is 35.8 Å². The van der Waals surface area contributed by atoms with E-state index in [0.29, 0.717) is 23.1 Å². The van der Waals surface area contributed by atoms with Crippen molar-refractivity contribution in [3.8, 4) is 5.75 Å². The van der Waals surface area contributed by atoms with Gasteiger partial charge < -0.3 is 14.5 Å². The Hall–Kier alpha value is -2.49. The molecule has 2 saturated heterocycles. The van der Waals surface area contributed by atoms with Gasteiger partial charge in [0.05, 0.1) is 11.3 Å². The summed E-state index contributed by atoms with van der Waals surface area (Å²) in [5.74, 6) is 1.64. The Bertz CT molecular complexity index is 820. The highest BCUT2D eigenvalue weighted by atomic mass is 16.5. The molecule has 29 heavy (non-hydrogen) atoms. The lowest BCUT2D eigenvalue weighted by atomic mass is 9.91. The lowest BCUT2D eigenvalue weighted by Gasteiger charge is -2.38. The van der Waals surface area contributed by atoms with E-state index in [0.717, 1.165) is 31.9 Å². The van der Waals surface area contributed by atoms with Crippen molar-refractivity contribution in [1.29, 1.82) is 0 Å². The highest BCUT2D eigenvalue weighted by molar-refractivity contribution is 5.92. The minimum absolute atomic E-state index is 0.296. The summed E-state index contributed by atoms with van der Waals surface area (Å²) in [6, 6.07) is 15.6. The van der Waals surface area contributed by atoms with Crippen LogP contribution in [0.15, 0.2) is 48.5 Å². The Morgan fingerprint density at radius 3 is 2.28 bits per heavy atom. The van der Waals surface area contributed by atoms with Crippen LogP contribution < -0.4 is 14.5 Å². The standard InChI is InChI=1S/C25H32N2O2/c1-19-15-20(2)18-27(17-19)23-16-22(26-13-7-4-8-14-26)11-12-24(23)29-25(28)21-9-5-3-6-10-21/h3,5-6,9-12,16,19-20H,4,7-8,13-15,17-18H2,1-2H3. The summed E-state index contributed by atoms with van der Waals surface area (Å²) in [6.07, 6.45) is 5.06. The lowest BCUT2D eigenvalue weighted by Crippen LogP contribution is -2.39. The maximum absolute atomic E-state index is 12.7. The van der Waals surface area contributed by atoms with Gasteiger partial charge in [-0.2, -0.15) is 0 Å². The van der Waals surface area contributed by atoms with Gasteiger partial charge in [-0.25, -0.2) is 4.79 Å². The van der Waals surface area contributed by atoms with E-state index < -0.39 is 0 Å². The Morgan fingerprint density at radius 2 is 1.59 bits per heavy atom. The molecule has 0 aliphatic carbocycles. The van der Waals surface area contributed by atoms with Gasteiger partial charge in [-0.3, -0.25) is 0 Å². The van der Waals surface area contributed by atoms with Crippen LogP contribution in [-0.2, 0) is 0 Å². The van der Waals surface area contributed by atoms with Crippen LogP contribution in [0.4, 0.5) is 11.4 Å². The van der Waals surface area contributed by atoms with Gasteiger partial charge >= 0.3 is 5.97 Å². The number of esters is 1. The molecule has 2 atom stereocenters. The molecule has 2 aromatic carbocycles. The molecule has 4 nitrogen and oxygen atoms in total. The van der Waals surface area contributed by atoms with Crippen molar-refractivity contribution in [2.45, 2.75) is 39.5 Å². The zero-order chi connectivity index (χ0) is 20.2. The van der Waals surface area contributed by atoms with Crippen LogP contribution in [0.2, 0.25) is 0 Å². The zero-order valence-corrected chi connectivity index (χ0v) is 17.6. The van der Waals surface area contributed by atoms with E-state index in [1.165, 1.54) is 31.4 Å². The minimum atomic E-state index is -0.296. The van der Waals surface area contributed by atoms with E-state index in [4.69, 9.17) is 4.74 Å². The molecule has 0 radical (unpaired) electrons. The molecule has 0 N–H and O–H groups in total. The number of ether oxygens (including phenoxy) is 1. The molecule has 2 aliphatic heterocycles. The summed E-state index contributed by atoms with van der Waals surface area (Å²) < 4.78 is 5.90. The molecule has 0 saturated carbocycles. The number of benzene rings is 2. The van der Waals surface area contributed by atoms with Crippen molar-refractivity contribution in [3.63, 3.8) is 0 Å². The molecule has 2 aromatic rings. The lowest BCUT2D eigenvalue weighted by molar-refractivity contribution is 0.0735. The van der Waals surface area contributed by atoms with Gasteiger partial charge in [0.25, 0.3) is 0 Å². The van der Waals surface area contributed by atoms with Gasteiger partial charge in [-0.15, -0.1) is 0 Å². The molecule has 2 heterocycles. The number of rotatable bonds is 4. The zero-order valence-electron chi connectivity index (χ0n) is 17.6. The predicted octanol–water partition coefficient (Wildman–Crippen LogP) is 5.38. The van der Waals surface area contributed by atoms with Gasteiger partial charge in [-0.05, 0) is 67.9 Å². The quantitative estimate of drug-likeness (QED) is 0.517. The van der Waals surface area contributed by atoms with Crippen molar-refractivity contribution in [3.05, 3.63) is 54.1 Å². The number of hydrogen-bond donors (Lipinski definition) is 0. The first kappa shape index (κ1) is 19.8. The molecule has 4 heteroatoms. The topological polar surface area (TPSA) is 32.8 Å². The van der Waals surface area contributed by atoms with Crippen LogP contribution in [0.1, 0.15) is 49.9 Å². The van der Waals surface area contributed by atoms with Gasteiger partial charge in [0.2, 0.25) is 0 Å². The average Bonchev–Trinajstić information content (AvgIpc) is 2.74. The van der Waals surface area contributed by atoms with Crippen LogP contribution >= 0.6 is 0 Å². The van der Waals surface area contributed by atoms with Crippen LogP contribution in [0, 0.1) is 11.8 Å². The third-order valence-electron chi connectivity index (χ3n) is 6.09. The average molecular weight is 393 g/mol. The number of hydrogen-bond acceptors (Lipinski definition) is 4. The molecule has 4 rings (SSSR count). The van der Waals surface area contributed by atoms with Crippen LogP contribution in [0.3, 0.4) is 0 Å². The Labute approximate surface area is 174 Å². The van der Waals surface area contributed by atoms with Crippen LogP contribution in [0.25, 0.3) is 0 Å². The summed E-state index contributed by atoms with van der Waals surface area (Å²) in [4.78, 5) is 17.6. The molecule has 2 unspecified atom stereocenters. The minimum Gasteiger partial charge on any atom is -0.421 e. The number of piperidine rings is 2. The normalized spacial score (nSPS) is 22.4. The molecule has 0 spiro atoms. The summed E-state index contributed by atoms with van der Waals surface area (Å²) >= 11 is 0. The smallest absolute Gasteiger partial charge is 0.343 e. The van der Waals surface area contributed by atoms with Gasteiger partial charge in [0.15, 0.2) is 5.75 Å². The Morgan fingerprint density at radius 1 is 0.897 bits per heavy atom. The summed E-state index contributed by atoms with van der Waals surface area (Å²) in [7, 11) is 0. The molecular weight excluding hydrogens is 360 g/mol. The van der Waals surface area contributed by atoms with E-state index in [1.807, 2.05) is 24.3 Å². The van der Waals surface area contributed by atoms with E-state index >= 15 is 0 Å². The fourth-order valence-electron chi connectivity index (χ4n) is 4.78. The van der Waals surface area contributed by atoms with Crippen molar-refractivity contribution in [1.82, 2.24) is 0 Å². The third kappa shape index (κ3) is 4.75. The van der Waals surface area contributed by atoms with E-state index in [9.17, 15) is 4.79 Å². The number of carbonyl (C=O) groups is 1. The number of nitrogens with zero attached hydrogens (tertiary/aromatic N) is 2. The van der Waals surface area contributed by atoms with Crippen LogP contribution in [-0.4, -0.2) is 32.1 Å². The Kier molecular flexibility index (Phi) is 6.08.